The van der Waals surface area contributed by atoms with E-state index >= 15 is 0 Å². The van der Waals surface area contributed by atoms with Crippen LogP contribution < -0.4 is 15.4 Å². The zero-order valence-corrected chi connectivity index (χ0v) is 21.1. The molecule has 0 radical (unpaired) electrons. The fourth-order valence-corrected chi connectivity index (χ4v) is 3.36. The van der Waals surface area contributed by atoms with Crippen LogP contribution in [0, 0.1) is 27.7 Å². The van der Waals surface area contributed by atoms with Crippen molar-refractivity contribution in [1.82, 2.24) is 20.4 Å². The topological polar surface area (TPSA) is 63.5 Å². The van der Waals surface area contributed by atoms with E-state index < -0.39 is 0 Å². The molecule has 0 aliphatic rings. The second kappa shape index (κ2) is 12.0. The molecule has 162 valence electrons. The lowest BCUT2D eigenvalue weighted by Gasteiger charge is -2.18. The van der Waals surface area contributed by atoms with Crippen molar-refractivity contribution in [2.75, 3.05) is 19.7 Å². The minimum absolute atomic E-state index is 0. The van der Waals surface area contributed by atoms with Crippen LogP contribution in [0.1, 0.15) is 41.9 Å². The zero-order chi connectivity index (χ0) is 20.7. The molecule has 6 nitrogen and oxygen atoms in total. The van der Waals surface area contributed by atoms with E-state index in [4.69, 9.17) is 4.74 Å². The molecular weight excluding hydrogens is 477 g/mol. The average Bonchev–Trinajstić information content (AvgIpc) is 2.84. The number of rotatable bonds is 8. The predicted octanol–water partition coefficient (Wildman–Crippen LogP) is 3.84. The third kappa shape index (κ3) is 7.87. The van der Waals surface area contributed by atoms with Crippen molar-refractivity contribution in [3.05, 3.63) is 46.3 Å². The minimum Gasteiger partial charge on any atom is -0.492 e. The summed E-state index contributed by atoms with van der Waals surface area (Å²) in [5.74, 6) is 1.72. The lowest BCUT2D eigenvalue weighted by atomic mass is 10.1. The average molecular weight is 513 g/mol. The van der Waals surface area contributed by atoms with Crippen molar-refractivity contribution < 1.29 is 4.74 Å². The Balaban J connectivity index is 0.00000420. The molecule has 1 unspecified atom stereocenters. The highest BCUT2D eigenvalue weighted by molar-refractivity contribution is 14.0. The Kier molecular flexibility index (Phi) is 10.5. The van der Waals surface area contributed by atoms with Gasteiger partial charge >= 0.3 is 0 Å². The predicted molar refractivity (Wildman–Crippen MR) is 132 cm³/mol. The van der Waals surface area contributed by atoms with Crippen LogP contribution in [0.2, 0.25) is 0 Å². The summed E-state index contributed by atoms with van der Waals surface area (Å²) in [6.45, 7) is 14.6. The van der Waals surface area contributed by atoms with Gasteiger partial charge in [0.2, 0.25) is 0 Å². The fourth-order valence-electron chi connectivity index (χ4n) is 3.36. The second-order valence-electron chi connectivity index (χ2n) is 7.46. The number of benzene rings is 1. The summed E-state index contributed by atoms with van der Waals surface area (Å²) in [4.78, 5) is 4.65. The van der Waals surface area contributed by atoms with Crippen LogP contribution in [-0.2, 0) is 13.5 Å². The molecule has 0 aliphatic carbocycles. The molecule has 0 saturated carbocycles. The number of nitrogens with one attached hydrogen (secondary N) is 2. The van der Waals surface area contributed by atoms with Gasteiger partial charge in [-0.15, -0.1) is 24.0 Å². The number of aryl methyl sites for hydroxylation is 4. The Bertz CT molecular complexity index is 796. The molecule has 0 aliphatic heterocycles. The van der Waals surface area contributed by atoms with E-state index in [9.17, 15) is 0 Å². The first kappa shape index (κ1) is 25.3. The van der Waals surface area contributed by atoms with E-state index in [-0.39, 0.29) is 30.0 Å². The van der Waals surface area contributed by atoms with Gasteiger partial charge in [-0.2, -0.15) is 5.10 Å². The van der Waals surface area contributed by atoms with Crippen LogP contribution in [0.5, 0.6) is 5.75 Å². The Hall–Kier alpha value is -1.77. The lowest BCUT2D eigenvalue weighted by molar-refractivity contribution is 0.328. The standard InChI is InChI=1S/C22H35N5O.HI/c1-8-23-22(24-9-10-28-20-12-15(2)11-16(3)13-20)25-17(4)14-21-18(5)26-27(7)19(21)6;/h11-13,17H,8-10,14H2,1-7H3,(H2,23,24,25);1H. The van der Waals surface area contributed by atoms with Gasteiger partial charge in [-0.3, -0.25) is 4.68 Å². The first-order chi connectivity index (χ1) is 13.3. The van der Waals surface area contributed by atoms with E-state index in [1.165, 1.54) is 22.4 Å². The van der Waals surface area contributed by atoms with Gasteiger partial charge in [-0.25, -0.2) is 4.99 Å². The highest BCUT2D eigenvalue weighted by atomic mass is 127. The van der Waals surface area contributed by atoms with Gasteiger partial charge in [0.05, 0.1) is 12.2 Å². The summed E-state index contributed by atoms with van der Waals surface area (Å²) in [5, 5.41) is 11.3. The molecule has 1 atom stereocenters. The van der Waals surface area contributed by atoms with E-state index in [1.54, 1.807) is 0 Å². The molecule has 0 saturated heterocycles. The number of guanidine groups is 1. The summed E-state index contributed by atoms with van der Waals surface area (Å²) in [7, 11) is 1.99. The first-order valence-electron chi connectivity index (χ1n) is 10.0. The Labute approximate surface area is 192 Å². The van der Waals surface area contributed by atoms with Gasteiger partial charge in [0, 0.05) is 25.3 Å². The van der Waals surface area contributed by atoms with Gasteiger partial charge in [-0.1, -0.05) is 6.07 Å². The number of nitrogens with zero attached hydrogens (tertiary/aromatic N) is 3. The molecule has 2 N–H and O–H groups in total. The molecule has 0 fully saturated rings. The molecule has 29 heavy (non-hydrogen) atoms. The Morgan fingerprint density at radius 3 is 2.38 bits per heavy atom. The third-order valence-electron chi connectivity index (χ3n) is 4.72. The number of aliphatic imine (C=N–C) groups is 1. The van der Waals surface area contributed by atoms with Gasteiger partial charge < -0.3 is 15.4 Å². The highest BCUT2D eigenvalue weighted by Gasteiger charge is 2.14. The monoisotopic (exact) mass is 513 g/mol. The Morgan fingerprint density at radius 1 is 1.17 bits per heavy atom. The maximum absolute atomic E-state index is 5.86. The first-order valence-corrected chi connectivity index (χ1v) is 10.0. The SMILES string of the molecule is CCNC(=NCCOc1cc(C)cc(C)c1)NC(C)Cc1c(C)nn(C)c1C.I. The zero-order valence-electron chi connectivity index (χ0n) is 18.8. The smallest absolute Gasteiger partial charge is 0.191 e. The van der Waals surface area contributed by atoms with Crippen LogP contribution in [0.3, 0.4) is 0 Å². The normalized spacial score (nSPS) is 12.3. The molecule has 0 bridgehead atoms. The molecule has 0 spiro atoms. The molecule has 0 amide bonds. The summed E-state index contributed by atoms with van der Waals surface area (Å²) < 4.78 is 7.80. The highest BCUT2D eigenvalue weighted by Crippen LogP contribution is 2.16. The molecule has 1 aromatic carbocycles. The number of ether oxygens (including phenoxy) is 1. The third-order valence-corrected chi connectivity index (χ3v) is 4.72. The number of hydrogen-bond donors (Lipinski definition) is 2. The number of aromatic nitrogens is 2. The van der Waals surface area contributed by atoms with Gasteiger partial charge in [0.15, 0.2) is 5.96 Å². The molecular formula is C22H36IN5O. The van der Waals surface area contributed by atoms with Gasteiger partial charge in [-0.05, 0) is 76.8 Å². The van der Waals surface area contributed by atoms with Crippen molar-refractivity contribution in [3.63, 3.8) is 0 Å². The van der Waals surface area contributed by atoms with Crippen molar-refractivity contribution >= 4 is 29.9 Å². The van der Waals surface area contributed by atoms with E-state index in [2.05, 4.69) is 80.5 Å². The quantitative estimate of drug-likeness (QED) is 0.244. The van der Waals surface area contributed by atoms with Crippen LogP contribution in [0.15, 0.2) is 23.2 Å². The summed E-state index contributed by atoms with van der Waals surface area (Å²) in [6, 6.07) is 6.51. The fraction of sp³-hybridized carbons (Fsp3) is 0.545. The van der Waals surface area contributed by atoms with Crippen LogP contribution in [0.4, 0.5) is 0 Å². The van der Waals surface area contributed by atoms with Gasteiger partial charge in [0.25, 0.3) is 0 Å². The largest absolute Gasteiger partial charge is 0.492 e. The molecule has 1 heterocycles. The van der Waals surface area contributed by atoms with Crippen LogP contribution in [0.25, 0.3) is 0 Å². The van der Waals surface area contributed by atoms with Crippen molar-refractivity contribution in [1.29, 1.82) is 0 Å². The number of halogens is 1. The Morgan fingerprint density at radius 2 is 1.83 bits per heavy atom. The summed E-state index contributed by atoms with van der Waals surface area (Å²) in [6.07, 6.45) is 0.912. The maximum Gasteiger partial charge on any atom is 0.191 e. The van der Waals surface area contributed by atoms with Crippen LogP contribution >= 0.6 is 24.0 Å². The summed E-state index contributed by atoms with van der Waals surface area (Å²) >= 11 is 0. The minimum atomic E-state index is 0. The molecule has 7 heteroatoms. The molecule has 1 aromatic heterocycles. The molecule has 2 rings (SSSR count). The van der Waals surface area contributed by atoms with E-state index in [1.807, 2.05) is 11.7 Å². The van der Waals surface area contributed by atoms with E-state index in [0.29, 0.717) is 13.2 Å². The van der Waals surface area contributed by atoms with Crippen molar-refractivity contribution in [2.24, 2.45) is 12.0 Å². The van der Waals surface area contributed by atoms with E-state index in [0.717, 1.165) is 30.4 Å². The molecule has 2 aromatic rings. The lowest BCUT2D eigenvalue weighted by Crippen LogP contribution is -2.43. The number of hydrogen-bond acceptors (Lipinski definition) is 3. The summed E-state index contributed by atoms with van der Waals surface area (Å²) in [5.41, 5.74) is 6.04. The second-order valence-corrected chi connectivity index (χ2v) is 7.46. The van der Waals surface area contributed by atoms with Crippen molar-refractivity contribution in [2.45, 2.75) is 54.0 Å². The van der Waals surface area contributed by atoms with Crippen LogP contribution in [-0.4, -0.2) is 41.5 Å². The maximum atomic E-state index is 5.86. The van der Waals surface area contributed by atoms with Crippen molar-refractivity contribution in [3.8, 4) is 5.75 Å². The van der Waals surface area contributed by atoms with Gasteiger partial charge in [0.1, 0.15) is 12.4 Å².